The number of carbonyl (C=O) groups excluding carboxylic acids is 1. The van der Waals surface area contributed by atoms with Gasteiger partial charge in [-0.15, -0.1) is 0 Å². The zero-order valence-electron chi connectivity index (χ0n) is 4.69. The normalized spacial score (nSPS) is 9.11. The summed E-state index contributed by atoms with van der Waals surface area (Å²) >= 11 is 0. The molecule has 0 heterocycles. The van der Waals surface area contributed by atoms with E-state index in [1.54, 1.807) is 0 Å². The molecule has 0 fully saturated rings. The first-order valence-corrected chi connectivity index (χ1v) is 1.53. The fourth-order valence-corrected chi connectivity index (χ4v) is 0. The van der Waals surface area contributed by atoms with Gasteiger partial charge in [-0.1, -0.05) is 0 Å². The fourth-order valence-electron chi connectivity index (χ4n) is 0. The van der Waals surface area contributed by atoms with Gasteiger partial charge in [0.15, 0.2) is 0 Å². The zero-order valence-corrected chi connectivity index (χ0v) is 5.80. The number of aliphatic hydroxyl groups is 1. The Bertz CT molecular complexity index is 63.2. The number of carboxylic acid groups (broad SMARTS) is 1. The number of aliphatic carboxylic acids is 1. The number of hydrogen-bond acceptors (Lipinski definition) is 3. The Kier molecular flexibility index (Phi) is 27.7. The molecular weight excluding hydrogens is 172 g/mol. The van der Waals surface area contributed by atoms with Crippen LogP contribution < -0.4 is 5.11 Å². The fraction of sp³-hybridized carbons (Fsp3) is 0.667. The summed E-state index contributed by atoms with van der Waals surface area (Å²) in [6.07, 6.45) is -1.34. The van der Waals surface area contributed by atoms with Crippen LogP contribution in [0.25, 0.3) is 0 Å². The second-order valence-electron chi connectivity index (χ2n) is 0.995. The van der Waals surface area contributed by atoms with Gasteiger partial charge in [-0.05, 0) is 6.92 Å². The van der Waals surface area contributed by atoms with Crippen LogP contribution in [0.5, 0.6) is 0 Å². The second kappa shape index (κ2) is 10.8. The molecule has 0 saturated heterocycles. The molecule has 6 heteroatoms. The third kappa shape index (κ3) is 18.1. The molecule has 0 spiro atoms. The quantitative estimate of drug-likeness (QED) is 0.421. The maximum absolute atomic E-state index is 9.34. The summed E-state index contributed by atoms with van der Waals surface area (Å²) in [5, 5.41) is 17.3. The van der Waals surface area contributed by atoms with Crippen molar-refractivity contribution in [2.24, 2.45) is 0 Å². The first kappa shape index (κ1) is 23.2. The molecule has 0 amide bonds. The summed E-state index contributed by atoms with van der Waals surface area (Å²) in [6.45, 7) is 1.13. The minimum Gasteiger partial charge on any atom is -0.547 e. The van der Waals surface area contributed by atoms with E-state index in [1.165, 1.54) is 0 Å². The zero-order chi connectivity index (χ0) is 5.15. The molecule has 0 rings (SSSR count). The molecule has 1 unspecified atom stereocenters. The summed E-state index contributed by atoms with van der Waals surface area (Å²) in [7, 11) is 0. The van der Waals surface area contributed by atoms with Crippen LogP contribution in [0.1, 0.15) is 6.92 Å². The third-order valence-electron chi connectivity index (χ3n) is 0.341. The molecular formula is C3H9FeO5+. The van der Waals surface area contributed by atoms with Crippen LogP contribution >= 0.6 is 0 Å². The third-order valence-corrected chi connectivity index (χ3v) is 0.341. The molecule has 9 heavy (non-hydrogen) atoms. The Morgan fingerprint density at radius 2 is 1.67 bits per heavy atom. The van der Waals surface area contributed by atoms with Crippen molar-refractivity contribution < 1.29 is 43.0 Å². The van der Waals surface area contributed by atoms with E-state index in [-0.39, 0.29) is 28.0 Å². The molecule has 0 aliphatic rings. The number of carbonyl (C=O) groups is 1. The summed E-state index contributed by atoms with van der Waals surface area (Å²) in [5.74, 6) is -1.44. The van der Waals surface area contributed by atoms with Gasteiger partial charge in [0.2, 0.25) is 0 Å². The van der Waals surface area contributed by atoms with Crippen molar-refractivity contribution >= 4 is 5.97 Å². The summed E-state index contributed by atoms with van der Waals surface area (Å²) in [4.78, 5) is 9.34. The van der Waals surface area contributed by atoms with E-state index >= 15 is 0 Å². The number of hydrogen-bond donors (Lipinski definition) is 1. The van der Waals surface area contributed by atoms with Crippen LogP contribution in [-0.2, 0) is 21.9 Å². The molecule has 58 valence electrons. The Morgan fingerprint density at radius 1 is 1.56 bits per heavy atom. The minimum absolute atomic E-state index is 0. The molecule has 5 nitrogen and oxygen atoms in total. The van der Waals surface area contributed by atoms with Crippen LogP contribution in [0.15, 0.2) is 0 Å². The average molecular weight is 181 g/mol. The maximum Gasteiger partial charge on any atom is 2.00 e. The monoisotopic (exact) mass is 181 g/mol. The smallest absolute Gasteiger partial charge is 0.547 e. The van der Waals surface area contributed by atoms with Crippen molar-refractivity contribution in [2.45, 2.75) is 13.0 Å². The molecule has 0 aromatic heterocycles. The first-order chi connectivity index (χ1) is 2.64. The Balaban J connectivity index is -0.0000000417. The van der Waals surface area contributed by atoms with Gasteiger partial charge >= 0.3 is 17.1 Å². The Labute approximate surface area is 62.8 Å². The van der Waals surface area contributed by atoms with E-state index in [0.29, 0.717) is 0 Å². The number of rotatable bonds is 1. The predicted molar refractivity (Wildman–Crippen MR) is 23.9 cm³/mol. The van der Waals surface area contributed by atoms with Gasteiger partial charge < -0.3 is 26.0 Å². The molecule has 0 aromatic rings. The summed E-state index contributed by atoms with van der Waals surface area (Å²) in [5.41, 5.74) is 0. The van der Waals surface area contributed by atoms with Crippen LogP contribution in [0.2, 0.25) is 0 Å². The van der Waals surface area contributed by atoms with Gasteiger partial charge in [-0.25, -0.2) is 0 Å². The molecule has 0 radical (unpaired) electrons. The van der Waals surface area contributed by atoms with E-state index in [1.807, 2.05) is 0 Å². The van der Waals surface area contributed by atoms with E-state index < -0.39 is 12.1 Å². The Hall–Kier alpha value is -0.131. The van der Waals surface area contributed by atoms with Crippen LogP contribution in [0.3, 0.4) is 0 Å². The van der Waals surface area contributed by atoms with Gasteiger partial charge in [0, 0.05) is 0 Å². The van der Waals surface area contributed by atoms with Gasteiger partial charge in [0.25, 0.3) is 0 Å². The molecule has 0 bridgehead atoms. The second-order valence-corrected chi connectivity index (χ2v) is 0.995. The molecule has 0 saturated carbocycles. The van der Waals surface area contributed by atoms with Crippen molar-refractivity contribution in [2.75, 3.05) is 0 Å². The molecule has 5 N–H and O–H groups in total. The van der Waals surface area contributed by atoms with Crippen LogP contribution in [0.4, 0.5) is 0 Å². The van der Waals surface area contributed by atoms with E-state index in [0.717, 1.165) is 6.92 Å². The van der Waals surface area contributed by atoms with Crippen LogP contribution in [-0.4, -0.2) is 28.1 Å². The Morgan fingerprint density at radius 3 is 1.67 bits per heavy atom. The topological polar surface area (TPSA) is 123 Å². The van der Waals surface area contributed by atoms with Crippen LogP contribution in [0, 0.1) is 0 Å². The number of aliphatic hydroxyl groups excluding tert-OH is 1. The molecule has 1 atom stereocenters. The van der Waals surface area contributed by atoms with Crippen molar-refractivity contribution in [3.8, 4) is 0 Å². The summed E-state index contributed by atoms with van der Waals surface area (Å²) < 4.78 is 0. The van der Waals surface area contributed by atoms with Crippen molar-refractivity contribution in [3.05, 3.63) is 0 Å². The van der Waals surface area contributed by atoms with Crippen molar-refractivity contribution in [1.82, 2.24) is 0 Å². The van der Waals surface area contributed by atoms with Gasteiger partial charge in [0.05, 0.1) is 12.1 Å². The average Bonchev–Trinajstić information content (AvgIpc) is 1.36. The first-order valence-electron chi connectivity index (χ1n) is 1.53. The maximum atomic E-state index is 9.34. The molecule has 0 aliphatic heterocycles. The minimum atomic E-state index is -1.44. The van der Waals surface area contributed by atoms with E-state index in [4.69, 9.17) is 5.11 Å². The van der Waals surface area contributed by atoms with E-state index in [2.05, 4.69) is 0 Å². The van der Waals surface area contributed by atoms with Gasteiger partial charge in [-0.3, -0.25) is 0 Å². The SMILES string of the molecule is CC(O)C(=O)[O-].O.O.[Fe+2]. The standard InChI is InChI=1S/C3H6O3.Fe.2H2O/c1-2(4)3(5)6;;;/h2,4H,1H3,(H,5,6);;2*1H2/q;+2;;/p-1. The summed E-state index contributed by atoms with van der Waals surface area (Å²) in [6, 6.07) is 0. The largest absolute Gasteiger partial charge is 2.00 e. The van der Waals surface area contributed by atoms with Crippen molar-refractivity contribution in [3.63, 3.8) is 0 Å². The van der Waals surface area contributed by atoms with Gasteiger partial charge in [-0.2, -0.15) is 0 Å². The van der Waals surface area contributed by atoms with E-state index in [9.17, 15) is 9.90 Å². The van der Waals surface area contributed by atoms with Gasteiger partial charge in [0.1, 0.15) is 0 Å². The number of carboxylic acids is 1. The molecule has 0 aromatic carbocycles. The predicted octanol–water partition coefficient (Wildman–Crippen LogP) is -3.53. The molecule has 0 aliphatic carbocycles. The van der Waals surface area contributed by atoms with Crippen molar-refractivity contribution in [1.29, 1.82) is 0 Å².